The summed E-state index contributed by atoms with van der Waals surface area (Å²) in [6.07, 6.45) is 5.43. The Morgan fingerprint density at radius 2 is 2.41 bits per heavy atom. The van der Waals surface area contributed by atoms with Crippen molar-refractivity contribution in [2.75, 3.05) is 5.32 Å². The maximum Gasteiger partial charge on any atom is 0.127 e. The molecule has 0 saturated heterocycles. The predicted octanol–water partition coefficient (Wildman–Crippen LogP) is 1.78. The number of hydrogen-bond acceptors (Lipinski definition) is 4. The molecule has 2 aromatic rings. The molecule has 0 aromatic carbocycles. The Hall–Kier alpha value is -2.35. The molecule has 0 spiro atoms. The van der Waals surface area contributed by atoms with Crippen LogP contribution >= 0.6 is 0 Å². The molecule has 2 heterocycles. The van der Waals surface area contributed by atoms with Crippen LogP contribution in [0.1, 0.15) is 18.1 Å². The van der Waals surface area contributed by atoms with Crippen LogP contribution < -0.4 is 5.32 Å². The Labute approximate surface area is 99.7 Å². The van der Waals surface area contributed by atoms with Crippen molar-refractivity contribution in [1.82, 2.24) is 14.8 Å². The number of anilines is 1. The summed E-state index contributed by atoms with van der Waals surface area (Å²) in [5.41, 5.74) is 1.70. The molecule has 0 bridgehead atoms. The van der Waals surface area contributed by atoms with Crippen LogP contribution in [0.3, 0.4) is 0 Å². The van der Waals surface area contributed by atoms with Gasteiger partial charge in [0.15, 0.2) is 0 Å². The van der Waals surface area contributed by atoms with Gasteiger partial charge in [-0.1, -0.05) is 0 Å². The van der Waals surface area contributed by atoms with E-state index in [4.69, 9.17) is 5.26 Å². The van der Waals surface area contributed by atoms with Gasteiger partial charge in [0.05, 0.1) is 17.8 Å². The highest BCUT2D eigenvalue weighted by atomic mass is 15.3. The molecule has 86 valence electrons. The van der Waals surface area contributed by atoms with Crippen LogP contribution in [-0.2, 0) is 13.1 Å². The second kappa shape index (κ2) is 5.12. The van der Waals surface area contributed by atoms with E-state index in [9.17, 15) is 0 Å². The van der Waals surface area contributed by atoms with E-state index in [1.165, 1.54) is 0 Å². The van der Waals surface area contributed by atoms with E-state index < -0.39 is 0 Å². The van der Waals surface area contributed by atoms with Crippen LogP contribution in [0.4, 0.5) is 5.82 Å². The summed E-state index contributed by atoms with van der Waals surface area (Å²) in [4.78, 5) is 4.14. The monoisotopic (exact) mass is 227 g/mol. The van der Waals surface area contributed by atoms with Gasteiger partial charge in [-0.05, 0) is 19.1 Å². The number of nitrogens with one attached hydrogen (secondary N) is 1. The minimum Gasteiger partial charge on any atom is -0.366 e. The number of pyridine rings is 1. The van der Waals surface area contributed by atoms with Crippen molar-refractivity contribution in [3.63, 3.8) is 0 Å². The van der Waals surface area contributed by atoms with Crippen molar-refractivity contribution < 1.29 is 0 Å². The molecule has 0 unspecified atom stereocenters. The molecule has 0 saturated carbocycles. The Balaban J connectivity index is 1.99. The maximum absolute atomic E-state index is 8.76. The molecule has 2 rings (SSSR count). The van der Waals surface area contributed by atoms with Gasteiger partial charge in [0, 0.05) is 31.0 Å². The Kier molecular flexibility index (Phi) is 3.36. The SMILES string of the molecule is CCn1cc(CNc2cc(C#N)ccn2)cn1. The van der Waals surface area contributed by atoms with Crippen molar-refractivity contribution in [2.24, 2.45) is 0 Å². The molecule has 0 amide bonds. The number of nitriles is 1. The van der Waals surface area contributed by atoms with Gasteiger partial charge in [-0.2, -0.15) is 10.4 Å². The van der Waals surface area contributed by atoms with Crippen LogP contribution in [0, 0.1) is 11.3 Å². The van der Waals surface area contributed by atoms with Gasteiger partial charge >= 0.3 is 0 Å². The van der Waals surface area contributed by atoms with Gasteiger partial charge in [0.2, 0.25) is 0 Å². The lowest BCUT2D eigenvalue weighted by molar-refractivity contribution is 0.659. The standard InChI is InChI=1S/C12H13N5/c1-2-17-9-11(8-16-17)7-15-12-5-10(6-13)3-4-14-12/h3-5,8-9H,2,7H2,1H3,(H,14,15). The number of hydrogen-bond donors (Lipinski definition) is 1. The first-order valence-electron chi connectivity index (χ1n) is 5.43. The molecule has 1 N–H and O–H groups in total. The highest BCUT2D eigenvalue weighted by Crippen LogP contribution is 2.07. The fraction of sp³-hybridized carbons (Fsp3) is 0.250. The zero-order valence-corrected chi connectivity index (χ0v) is 9.59. The molecule has 0 aliphatic heterocycles. The van der Waals surface area contributed by atoms with Gasteiger partial charge in [-0.15, -0.1) is 0 Å². The van der Waals surface area contributed by atoms with E-state index in [0.29, 0.717) is 17.9 Å². The van der Waals surface area contributed by atoms with Crippen LogP contribution in [0.25, 0.3) is 0 Å². The Bertz CT molecular complexity index is 538. The first kappa shape index (κ1) is 11.1. The third-order valence-electron chi connectivity index (χ3n) is 2.37. The zero-order chi connectivity index (χ0) is 12.1. The third-order valence-corrected chi connectivity index (χ3v) is 2.37. The number of rotatable bonds is 4. The van der Waals surface area contributed by atoms with Crippen LogP contribution in [0.5, 0.6) is 0 Å². The second-order valence-corrected chi connectivity index (χ2v) is 3.60. The van der Waals surface area contributed by atoms with E-state index in [2.05, 4.69) is 21.5 Å². The molecule has 5 nitrogen and oxygen atoms in total. The summed E-state index contributed by atoms with van der Waals surface area (Å²) in [6.45, 7) is 3.56. The topological polar surface area (TPSA) is 66.5 Å². The molecule has 17 heavy (non-hydrogen) atoms. The normalized spacial score (nSPS) is 9.88. The lowest BCUT2D eigenvalue weighted by Crippen LogP contribution is -2.00. The lowest BCUT2D eigenvalue weighted by atomic mass is 10.3. The van der Waals surface area contributed by atoms with Crippen LogP contribution in [-0.4, -0.2) is 14.8 Å². The fourth-order valence-corrected chi connectivity index (χ4v) is 1.46. The summed E-state index contributed by atoms with van der Waals surface area (Å²) in [5, 5.41) is 16.1. The van der Waals surface area contributed by atoms with Gasteiger partial charge in [-0.3, -0.25) is 4.68 Å². The van der Waals surface area contributed by atoms with E-state index in [1.807, 2.05) is 24.0 Å². The summed E-state index contributed by atoms with van der Waals surface area (Å²) < 4.78 is 1.87. The quantitative estimate of drug-likeness (QED) is 0.864. The van der Waals surface area contributed by atoms with E-state index in [1.54, 1.807) is 18.3 Å². The highest BCUT2D eigenvalue weighted by Gasteiger charge is 1.99. The van der Waals surface area contributed by atoms with E-state index >= 15 is 0 Å². The largest absolute Gasteiger partial charge is 0.366 e. The van der Waals surface area contributed by atoms with E-state index in [-0.39, 0.29) is 0 Å². The van der Waals surface area contributed by atoms with Crippen molar-refractivity contribution in [2.45, 2.75) is 20.0 Å². The molecule has 0 aliphatic rings. The van der Waals surface area contributed by atoms with Crippen LogP contribution in [0.15, 0.2) is 30.7 Å². The second-order valence-electron chi connectivity index (χ2n) is 3.60. The van der Waals surface area contributed by atoms with Crippen molar-refractivity contribution >= 4 is 5.82 Å². The molecule has 2 aromatic heterocycles. The van der Waals surface area contributed by atoms with Gasteiger partial charge in [-0.25, -0.2) is 4.98 Å². The molecular formula is C12H13N5. The minimum atomic E-state index is 0.603. The Morgan fingerprint density at radius 1 is 1.53 bits per heavy atom. The number of aryl methyl sites for hydroxylation is 1. The van der Waals surface area contributed by atoms with E-state index in [0.717, 1.165) is 12.1 Å². The highest BCUT2D eigenvalue weighted by molar-refractivity contribution is 5.42. The molecule has 5 heteroatoms. The summed E-state index contributed by atoms with van der Waals surface area (Å²) in [6, 6.07) is 5.49. The minimum absolute atomic E-state index is 0.603. The van der Waals surface area contributed by atoms with Crippen molar-refractivity contribution in [1.29, 1.82) is 5.26 Å². The summed E-state index contributed by atoms with van der Waals surface area (Å²) in [5.74, 6) is 0.702. The zero-order valence-electron chi connectivity index (χ0n) is 9.59. The summed E-state index contributed by atoms with van der Waals surface area (Å²) in [7, 11) is 0. The molecule has 0 fully saturated rings. The maximum atomic E-state index is 8.76. The van der Waals surface area contributed by atoms with Crippen molar-refractivity contribution in [3.8, 4) is 6.07 Å². The molecule has 0 aliphatic carbocycles. The first-order chi connectivity index (χ1) is 8.31. The van der Waals surface area contributed by atoms with Gasteiger partial charge in [0.1, 0.15) is 5.82 Å². The molecule has 0 radical (unpaired) electrons. The average molecular weight is 227 g/mol. The third kappa shape index (κ3) is 2.82. The number of aromatic nitrogens is 3. The summed E-state index contributed by atoms with van der Waals surface area (Å²) >= 11 is 0. The molecular weight excluding hydrogens is 214 g/mol. The fourth-order valence-electron chi connectivity index (χ4n) is 1.46. The average Bonchev–Trinajstić information content (AvgIpc) is 2.84. The van der Waals surface area contributed by atoms with Gasteiger partial charge < -0.3 is 5.32 Å². The smallest absolute Gasteiger partial charge is 0.127 e. The predicted molar refractivity (Wildman–Crippen MR) is 64.2 cm³/mol. The van der Waals surface area contributed by atoms with Crippen molar-refractivity contribution in [3.05, 3.63) is 41.9 Å². The van der Waals surface area contributed by atoms with Gasteiger partial charge in [0.25, 0.3) is 0 Å². The first-order valence-corrected chi connectivity index (χ1v) is 5.43. The van der Waals surface area contributed by atoms with Crippen LogP contribution in [0.2, 0.25) is 0 Å². The Morgan fingerprint density at radius 3 is 3.12 bits per heavy atom. The lowest BCUT2D eigenvalue weighted by Gasteiger charge is -2.03. The molecule has 0 atom stereocenters. The number of nitrogens with zero attached hydrogens (tertiary/aromatic N) is 4.